The molecule has 0 amide bonds. The van der Waals surface area contributed by atoms with E-state index in [2.05, 4.69) is 20.4 Å². The van der Waals surface area contributed by atoms with E-state index < -0.39 is 10.0 Å². The lowest BCUT2D eigenvalue weighted by Gasteiger charge is -2.28. The van der Waals surface area contributed by atoms with Crippen LogP contribution in [-0.2, 0) is 10.0 Å². The first-order valence-corrected chi connectivity index (χ1v) is 8.73. The van der Waals surface area contributed by atoms with Crippen molar-refractivity contribution < 1.29 is 13.2 Å². The largest absolute Gasteiger partial charge is 0.489 e. The van der Waals surface area contributed by atoms with Gasteiger partial charge < -0.3 is 4.74 Å². The van der Waals surface area contributed by atoms with Gasteiger partial charge in [-0.25, -0.2) is 8.42 Å². The van der Waals surface area contributed by atoms with Gasteiger partial charge in [0.2, 0.25) is 10.0 Å². The van der Waals surface area contributed by atoms with Gasteiger partial charge in [-0.05, 0) is 24.5 Å². The average Bonchev–Trinajstić information content (AvgIpc) is 2.50. The Balaban J connectivity index is 2.53. The van der Waals surface area contributed by atoms with Crippen molar-refractivity contribution in [2.75, 3.05) is 13.2 Å². The Labute approximate surface area is 131 Å². The van der Waals surface area contributed by atoms with Gasteiger partial charge in [0.15, 0.2) is 5.75 Å². The van der Waals surface area contributed by atoms with Crippen LogP contribution in [0.1, 0.15) is 20.3 Å². The number of ether oxygens (including phenoxy) is 1. The highest BCUT2D eigenvalue weighted by Crippen LogP contribution is 2.37. The number of nitrogens with zero attached hydrogens (tertiary/aromatic N) is 1. The van der Waals surface area contributed by atoms with Crippen LogP contribution in [0.2, 0.25) is 5.02 Å². The van der Waals surface area contributed by atoms with E-state index in [0.29, 0.717) is 17.5 Å². The third kappa shape index (κ3) is 3.25. The van der Waals surface area contributed by atoms with Gasteiger partial charge in [0.1, 0.15) is 11.5 Å². The summed E-state index contributed by atoms with van der Waals surface area (Å²) in [6.45, 7) is 8.34. The second-order valence-corrected chi connectivity index (χ2v) is 7.79. The number of sulfonamides is 1. The van der Waals surface area contributed by atoms with Crippen LogP contribution in [0.4, 0.5) is 0 Å². The Kier molecular flexibility index (Phi) is 4.96. The molecule has 6 heteroatoms. The second kappa shape index (κ2) is 6.38. The maximum Gasteiger partial charge on any atom is 0.247 e. The zero-order valence-corrected chi connectivity index (χ0v) is 13.8. The topological polar surface area (TPSA) is 46.6 Å². The average molecular weight is 330 g/mol. The molecule has 21 heavy (non-hydrogen) atoms. The standard InChI is InChI=1S/C15H20ClNO3S/c1-4-8-17-12(9-11(2)3)10-20-15-13(16)6-5-7-14(15)21(17,18)19/h4-7,11-12H,1,8-10H2,2-3H3. The summed E-state index contributed by atoms with van der Waals surface area (Å²) in [6, 6.07) is 4.56. The molecule has 1 aromatic carbocycles. The van der Waals surface area contributed by atoms with E-state index in [0.717, 1.165) is 6.42 Å². The predicted molar refractivity (Wildman–Crippen MR) is 84.3 cm³/mol. The van der Waals surface area contributed by atoms with Gasteiger partial charge >= 0.3 is 0 Å². The molecule has 0 spiro atoms. The normalized spacial score (nSPS) is 21.4. The van der Waals surface area contributed by atoms with E-state index in [1.165, 1.54) is 10.4 Å². The summed E-state index contributed by atoms with van der Waals surface area (Å²) >= 11 is 6.09. The first-order chi connectivity index (χ1) is 9.87. The maximum atomic E-state index is 12.9. The number of benzene rings is 1. The molecule has 0 saturated heterocycles. The van der Waals surface area contributed by atoms with E-state index in [9.17, 15) is 8.42 Å². The molecule has 0 bridgehead atoms. The Morgan fingerprint density at radius 2 is 2.24 bits per heavy atom. The van der Waals surface area contributed by atoms with Crippen molar-refractivity contribution in [3.8, 4) is 5.75 Å². The molecular weight excluding hydrogens is 310 g/mol. The Morgan fingerprint density at radius 1 is 1.52 bits per heavy atom. The fourth-order valence-electron chi connectivity index (χ4n) is 2.52. The highest BCUT2D eigenvalue weighted by Gasteiger charge is 2.37. The van der Waals surface area contributed by atoms with Gasteiger partial charge in [-0.2, -0.15) is 4.31 Å². The minimum Gasteiger partial charge on any atom is -0.489 e. The van der Waals surface area contributed by atoms with Crippen molar-refractivity contribution in [3.05, 3.63) is 35.9 Å². The monoisotopic (exact) mass is 329 g/mol. The number of halogens is 1. The van der Waals surface area contributed by atoms with Crippen LogP contribution >= 0.6 is 11.6 Å². The van der Waals surface area contributed by atoms with Gasteiger partial charge in [0, 0.05) is 6.54 Å². The van der Waals surface area contributed by atoms with Crippen molar-refractivity contribution in [3.63, 3.8) is 0 Å². The van der Waals surface area contributed by atoms with Crippen LogP contribution in [-0.4, -0.2) is 31.9 Å². The van der Waals surface area contributed by atoms with Crippen LogP contribution in [0.5, 0.6) is 5.75 Å². The summed E-state index contributed by atoms with van der Waals surface area (Å²) in [5, 5.41) is 0.319. The predicted octanol–water partition coefficient (Wildman–Crippen LogP) is 3.32. The summed E-state index contributed by atoms with van der Waals surface area (Å²) in [5.74, 6) is 0.609. The Bertz CT molecular complexity index is 628. The van der Waals surface area contributed by atoms with E-state index in [4.69, 9.17) is 16.3 Å². The van der Waals surface area contributed by atoms with E-state index in [1.807, 2.05) is 0 Å². The molecule has 0 saturated carbocycles. The molecule has 1 atom stereocenters. The number of hydrogen-bond acceptors (Lipinski definition) is 3. The first kappa shape index (κ1) is 16.3. The van der Waals surface area contributed by atoms with Crippen molar-refractivity contribution >= 4 is 21.6 Å². The van der Waals surface area contributed by atoms with Crippen LogP contribution in [0.3, 0.4) is 0 Å². The van der Waals surface area contributed by atoms with E-state index in [1.54, 1.807) is 18.2 Å². The molecule has 1 unspecified atom stereocenters. The quantitative estimate of drug-likeness (QED) is 0.796. The molecule has 1 heterocycles. The number of rotatable bonds is 4. The molecule has 1 aliphatic rings. The van der Waals surface area contributed by atoms with E-state index in [-0.39, 0.29) is 23.2 Å². The Hall–Kier alpha value is -1.04. The maximum absolute atomic E-state index is 12.9. The van der Waals surface area contributed by atoms with Crippen molar-refractivity contribution in [2.24, 2.45) is 5.92 Å². The number of hydrogen-bond donors (Lipinski definition) is 0. The molecule has 0 fully saturated rings. The van der Waals surface area contributed by atoms with Gasteiger partial charge in [-0.15, -0.1) is 6.58 Å². The molecular formula is C15H20ClNO3S. The molecule has 0 aromatic heterocycles. The number of fused-ring (bicyclic) bond motifs is 1. The molecule has 1 aliphatic heterocycles. The lowest BCUT2D eigenvalue weighted by atomic mass is 10.0. The molecule has 116 valence electrons. The minimum absolute atomic E-state index is 0.128. The third-order valence-electron chi connectivity index (χ3n) is 3.40. The molecule has 1 aromatic rings. The van der Waals surface area contributed by atoms with Gasteiger partial charge in [-0.1, -0.05) is 37.6 Å². The summed E-state index contributed by atoms with van der Waals surface area (Å²) in [4.78, 5) is 0.128. The fraction of sp³-hybridized carbons (Fsp3) is 0.467. The van der Waals surface area contributed by atoms with Crippen LogP contribution in [0, 0.1) is 5.92 Å². The van der Waals surface area contributed by atoms with Crippen molar-refractivity contribution in [2.45, 2.75) is 31.2 Å². The second-order valence-electron chi connectivity index (χ2n) is 5.52. The lowest BCUT2D eigenvalue weighted by Crippen LogP contribution is -2.42. The SMILES string of the molecule is C=CCN1C(CC(C)C)COc2c(Cl)cccc2S1(=O)=O. The fourth-order valence-corrected chi connectivity index (χ4v) is 4.55. The molecule has 0 radical (unpaired) electrons. The summed E-state index contributed by atoms with van der Waals surface area (Å²) < 4.78 is 33.0. The third-order valence-corrected chi connectivity index (χ3v) is 5.64. The van der Waals surface area contributed by atoms with Crippen molar-refractivity contribution in [1.29, 1.82) is 0 Å². The highest BCUT2D eigenvalue weighted by molar-refractivity contribution is 7.89. The zero-order valence-electron chi connectivity index (χ0n) is 12.3. The summed E-state index contributed by atoms with van der Waals surface area (Å²) in [5.41, 5.74) is 0. The first-order valence-electron chi connectivity index (χ1n) is 6.92. The molecule has 4 nitrogen and oxygen atoms in total. The molecule has 0 aliphatic carbocycles. The Morgan fingerprint density at radius 3 is 2.86 bits per heavy atom. The van der Waals surface area contributed by atoms with Crippen LogP contribution in [0.15, 0.2) is 35.7 Å². The molecule has 2 rings (SSSR count). The van der Waals surface area contributed by atoms with Crippen LogP contribution in [0.25, 0.3) is 0 Å². The summed E-state index contributed by atoms with van der Waals surface area (Å²) in [6.07, 6.45) is 2.32. The zero-order chi connectivity index (χ0) is 15.6. The highest BCUT2D eigenvalue weighted by atomic mass is 35.5. The number of para-hydroxylation sites is 1. The molecule has 0 N–H and O–H groups in total. The smallest absolute Gasteiger partial charge is 0.247 e. The van der Waals surface area contributed by atoms with Crippen LogP contribution < -0.4 is 4.74 Å². The van der Waals surface area contributed by atoms with Crippen molar-refractivity contribution in [1.82, 2.24) is 4.31 Å². The van der Waals surface area contributed by atoms with E-state index >= 15 is 0 Å². The van der Waals surface area contributed by atoms with Gasteiger partial charge in [0.05, 0.1) is 11.1 Å². The minimum atomic E-state index is -3.65. The lowest BCUT2D eigenvalue weighted by molar-refractivity contribution is 0.199. The van der Waals surface area contributed by atoms with Gasteiger partial charge in [0.25, 0.3) is 0 Å². The summed E-state index contributed by atoms with van der Waals surface area (Å²) in [7, 11) is -3.65. The van der Waals surface area contributed by atoms with Gasteiger partial charge in [-0.3, -0.25) is 0 Å².